The predicted molar refractivity (Wildman–Crippen MR) is 148 cm³/mol. The Bertz CT molecular complexity index is 670. The molecule has 3 nitrogen and oxygen atoms in total. The number of ketones is 1. The first-order valence-electron chi connectivity index (χ1n) is 13.0. The van der Waals surface area contributed by atoms with Crippen molar-refractivity contribution in [3.05, 3.63) is 24.8 Å². The molecule has 0 bridgehead atoms. The van der Waals surface area contributed by atoms with Crippen molar-refractivity contribution in [3.8, 4) is 0 Å². The summed E-state index contributed by atoms with van der Waals surface area (Å²) in [6.07, 6.45) is 12.3. The summed E-state index contributed by atoms with van der Waals surface area (Å²) in [4.78, 5) is 13.5. The van der Waals surface area contributed by atoms with Crippen LogP contribution in [0, 0.1) is 17.3 Å². The van der Waals surface area contributed by atoms with Crippen molar-refractivity contribution in [2.75, 3.05) is 0 Å². The molecular weight excluding hydrogens is 440 g/mol. The maximum atomic E-state index is 13.5. The van der Waals surface area contributed by atoms with E-state index in [9.17, 15) is 4.79 Å². The SMILES string of the molecule is C=CCC1(O[Si](C)C)C(=O)CC(C(C)(C)C)C1/C=C/[C@H](CCCCC)O[Si](C)(C)C(C)(C)C. The minimum atomic E-state index is -1.91. The molecule has 0 spiro atoms. The number of carbonyl (C=O) groups excluding carboxylic acids is 1. The lowest BCUT2D eigenvalue weighted by molar-refractivity contribution is -0.132. The standard InChI is InChI=1S/C28H53O3Si2/c1-13-15-16-17-22(30-33(11,12)27(6,7)8)18-19-23-24(26(3,4)5)21-25(29)28(23,20-14-2)31-32(9)10/h14,18-19,22-24H,2,13,15-17,20-21H2,1,3-12H3/b19-18+/t22-,23?,24?,28?/m0/s1. The molecule has 1 aliphatic rings. The van der Waals surface area contributed by atoms with Gasteiger partial charge in [0.05, 0.1) is 6.10 Å². The van der Waals surface area contributed by atoms with Crippen LogP contribution in [0.15, 0.2) is 24.8 Å². The highest BCUT2D eigenvalue weighted by Crippen LogP contribution is 2.51. The second-order valence-corrected chi connectivity index (χ2v) is 19.6. The molecule has 0 N–H and O–H groups in total. The first-order valence-corrected chi connectivity index (χ1v) is 18.3. The molecule has 0 aromatic heterocycles. The van der Waals surface area contributed by atoms with Gasteiger partial charge in [-0.1, -0.05) is 86.0 Å². The third kappa shape index (κ3) is 8.01. The van der Waals surface area contributed by atoms with Crippen LogP contribution in [0.1, 0.15) is 87.0 Å². The number of rotatable bonds is 12. The minimum Gasteiger partial charge on any atom is -0.411 e. The van der Waals surface area contributed by atoms with Crippen LogP contribution < -0.4 is 0 Å². The number of unbranched alkanes of at least 4 members (excludes halogenated alkanes) is 2. The topological polar surface area (TPSA) is 35.5 Å². The van der Waals surface area contributed by atoms with Crippen molar-refractivity contribution in [1.29, 1.82) is 0 Å². The molecule has 3 unspecified atom stereocenters. The molecule has 1 rings (SSSR count). The Morgan fingerprint density at radius 2 is 1.79 bits per heavy atom. The maximum Gasteiger partial charge on any atom is 0.206 e. The Hall–Kier alpha value is -0.496. The highest BCUT2D eigenvalue weighted by molar-refractivity contribution is 6.74. The van der Waals surface area contributed by atoms with Gasteiger partial charge in [-0.25, -0.2) is 0 Å². The van der Waals surface area contributed by atoms with Crippen molar-refractivity contribution in [1.82, 2.24) is 0 Å². The third-order valence-corrected chi connectivity index (χ3v) is 12.9. The quantitative estimate of drug-likeness (QED) is 0.156. The molecule has 1 fully saturated rings. The Labute approximate surface area is 208 Å². The van der Waals surface area contributed by atoms with Gasteiger partial charge in [-0.15, -0.1) is 6.58 Å². The van der Waals surface area contributed by atoms with E-state index in [0.717, 1.165) is 12.8 Å². The Morgan fingerprint density at radius 1 is 1.18 bits per heavy atom. The number of carbonyl (C=O) groups is 1. The average molecular weight is 494 g/mol. The van der Waals surface area contributed by atoms with E-state index in [2.05, 4.69) is 93.4 Å². The van der Waals surface area contributed by atoms with Crippen LogP contribution in [-0.4, -0.2) is 34.8 Å². The first kappa shape index (κ1) is 30.5. The van der Waals surface area contributed by atoms with Gasteiger partial charge in [0.1, 0.15) is 5.60 Å². The highest BCUT2D eigenvalue weighted by Gasteiger charge is 2.56. The second-order valence-electron chi connectivity index (χ2n) is 12.8. The molecule has 0 saturated heterocycles. The minimum absolute atomic E-state index is 0.0172. The number of hydrogen-bond acceptors (Lipinski definition) is 3. The molecule has 191 valence electrons. The van der Waals surface area contributed by atoms with Crippen molar-refractivity contribution < 1.29 is 13.6 Å². The molecular formula is C28H53O3Si2. The summed E-state index contributed by atoms with van der Waals surface area (Å²) in [6.45, 7) is 28.8. The van der Waals surface area contributed by atoms with E-state index >= 15 is 0 Å². The van der Waals surface area contributed by atoms with Gasteiger partial charge >= 0.3 is 0 Å². The molecule has 33 heavy (non-hydrogen) atoms. The van der Waals surface area contributed by atoms with Crippen molar-refractivity contribution in [3.63, 3.8) is 0 Å². The zero-order valence-corrected chi connectivity index (χ0v) is 25.6. The molecule has 0 aliphatic heterocycles. The summed E-state index contributed by atoms with van der Waals surface area (Å²) in [5.41, 5.74) is -0.762. The van der Waals surface area contributed by atoms with Gasteiger partial charge in [-0.05, 0) is 49.0 Å². The normalized spacial score (nSPS) is 25.9. The molecule has 0 aromatic carbocycles. The third-order valence-electron chi connectivity index (χ3n) is 7.67. The highest BCUT2D eigenvalue weighted by atomic mass is 28.4. The molecule has 1 aliphatic carbocycles. The largest absolute Gasteiger partial charge is 0.411 e. The van der Waals surface area contributed by atoms with Gasteiger partial charge in [0.25, 0.3) is 0 Å². The molecule has 5 heteroatoms. The van der Waals surface area contributed by atoms with Gasteiger partial charge in [-0.2, -0.15) is 0 Å². The van der Waals surface area contributed by atoms with E-state index in [-0.39, 0.29) is 34.2 Å². The first-order chi connectivity index (χ1) is 15.0. The van der Waals surface area contributed by atoms with E-state index in [4.69, 9.17) is 8.85 Å². The molecule has 1 radical (unpaired) electrons. The molecule has 4 atom stereocenters. The molecule has 0 aromatic rings. The number of Topliss-reactive ketones (excluding diaryl/α,β-unsaturated/α-hetero) is 1. The van der Waals surface area contributed by atoms with E-state index in [1.165, 1.54) is 12.8 Å². The van der Waals surface area contributed by atoms with Crippen LogP contribution in [0.5, 0.6) is 0 Å². The molecule has 1 saturated carbocycles. The fourth-order valence-corrected chi connectivity index (χ4v) is 7.10. The summed E-state index contributed by atoms with van der Waals surface area (Å²) in [5.74, 6) is 0.530. The lowest BCUT2D eigenvalue weighted by Crippen LogP contribution is -2.47. The summed E-state index contributed by atoms with van der Waals surface area (Å²) in [5, 5.41) is 0.165. The van der Waals surface area contributed by atoms with Crippen molar-refractivity contribution in [2.45, 2.75) is 130 Å². The van der Waals surface area contributed by atoms with Crippen LogP contribution in [0.3, 0.4) is 0 Å². The summed E-state index contributed by atoms with van der Waals surface area (Å²) < 4.78 is 13.5. The van der Waals surface area contributed by atoms with Crippen LogP contribution in [-0.2, 0) is 13.6 Å². The Kier molecular flexibility index (Phi) is 11.1. The second kappa shape index (κ2) is 12.0. The van der Waals surface area contributed by atoms with Crippen LogP contribution in [0.2, 0.25) is 31.2 Å². The van der Waals surface area contributed by atoms with Crippen molar-refractivity contribution in [2.24, 2.45) is 17.3 Å². The summed E-state index contributed by atoms with van der Waals surface area (Å²) >= 11 is 0. The predicted octanol–water partition coefficient (Wildman–Crippen LogP) is 8.35. The van der Waals surface area contributed by atoms with E-state index in [1.54, 1.807) is 0 Å². The van der Waals surface area contributed by atoms with Gasteiger partial charge in [0.15, 0.2) is 14.1 Å². The van der Waals surface area contributed by atoms with Gasteiger partial charge < -0.3 is 8.85 Å². The van der Waals surface area contributed by atoms with Gasteiger partial charge in [-0.3, -0.25) is 4.79 Å². The summed E-state index contributed by atoms with van der Waals surface area (Å²) in [7, 11) is -2.97. The average Bonchev–Trinajstić information content (AvgIpc) is 2.90. The number of hydrogen-bond donors (Lipinski definition) is 0. The smallest absolute Gasteiger partial charge is 0.206 e. The lowest BCUT2D eigenvalue weighted by Gasteiger charge is -2.40. The zero-order valence-electron chi connectivity index (χ0n) is 23.6. The van der Waals surface area contributed by atoms with Gasteiger partial charge in [0.2, 0.25) is 9.04 Å². The van der Waals surface area contributed by atoms with E-state index in [0.29, 0.717) is 12.8 Å². The van der Waals surface area contributed by atoms with Crippen LogP contribution in [0.25, 0.3) is 0 Å². The van der Waals surface area contributed by atoms with E-state index < -0.39 is 23.0 Å². The Morgan fingerprint density at radius 3 is 2.24 bits per heavy atom. The molecule has 0 heterocycles. The monoisotopic (exact) mass is 493 g/mol. The Balaban J connectivity index is 3.41. The zero-order chi connectivity index (χ0) is 25.7. The fraction of sp³-hybridized carbons (Fsp3) is 0.821. The fourth-order valence-electron chi connectivity index (χ4n) is 4.73. The lowest BCUT2D eigenvalue weighted by atomic mass is 9.71. The summed E-state index contributed by atoms with van der Waals surface area (Å²) in [6, 6.07) is 0. The maximum absolute atomic E-state index is 13.5. The van der Waals surface area contributed by atoms with Crippen molar-refractivity contribution >= 4 is 23.1 Å². The van der Waals surface area contributed by atoms with E-state index in [1.807, 2.05) is 6.08 Å². The molecule has 0 amide bonds. The van der Waals surface area contributed by atoms with Crippen LogP contribution >= 0.6 is 0 Å². The van der Waals surface area contributed by atoms with Gasteiger partial charge in [0, 0.05) is 18.8 Å². The van der Waals surface area contributed by atoms with Crippen LogP contribution in [0.4, 0.5) is 0 Å².